The van der Waals surface area contributed by atoms with E-state index >= 15 is 0 Å². The molecule has 0 spiro atoms. The highest BCUT2D eigenvalue weighted by atomic mass is 32.2. The van der Waals surface area contributed by atoms with Gasteiger partial charge >= 0.3 is 0 Å². The van der Waals surface area contributed by atoms with Crippen LogP contribution in [-0.2, 0) is 4.79 Å². The molecule has 0 aliphatic carbocycles. The van der Waals surface area contributed by atoms with E-state index < -0.39 is 0 Å². The minimum atomic E-state index is -0.0284. The molecule has 6 heteroatoms. The Kier molecular flexibility index (Phi) is 4.63. The van der Waals surface area contributed by atoms with Gasteiger partial charge in [-0.3, -0.25) is 14.5 Å². The van der Waals surface area contributed by atoms with Gasteiger partial charge in [0.1, 0.15) is 0 Å². The van der Waals surface area contributed by atoms with Crippen molar-refractivity contribution in [2.75, 3.05) is 17.2 Å². The molecule has 23 heavy (non-hydrogen) atoms. The van der Waals surface area contributed by atoms with Crippen molar-refractivity contribution in [3.63, 3.8) is 0 Å². The van der Waals surface area contributed by atoms with Crippen molar-refractivity contribution in [1.29, 1.82) is 0 Å². The molecule has 0 radical (unpaired) electrons. The number of carbonyl (C=O) groups excluding carboxylic acids is 2. The van der Waals surface area contributed by atoms with Crippen molar-refractivity contribution < 1.29 is 9.59 Å². The molecule has 0 atom stereocenters. The molecule has 1 amide bonds. The monoisotopic (exact) mass is 344 g/mol. The summed E-state index contributed by atoms with van der Waals surface area (Å²) in [6, 6.07) is 7.66. The second-order valence-corrected chi connectivity index (χ2v) is 6.96. The molecular weight excluding hydrogens is 328 g/mol. The Morgan fingerprint density at radius 2 is 2.17 bits per heavy atom. The van der Waals surface area contributed by atoms with Crippen LogP contribution in [0.2, 0.25) is 0 Å². The fourth-order valence-corrected chi connectivity index (χ4v) is 4.33. The summed E-state index contributed by atoms with van der Waals surface area (Å²) >= 11 is 3.08. The third-order valence-electron chi connectivity index (χ3n) is 3.57. The van der Waals surface area contributed by atoms with E-state index in [-0.39, 0.29) is 11.7 Å². The quantitative estimate of drug-likeness (QED) is 0.793. The van der Waals surface area contributed by atoms with Gasteiger partial charge in [0, 0.05) is 40.6 Å². The number of fused-ring (bicyclic) bond motifs is 1. The molecule has 118 valence electrons. The summed E-state index contributed by atoms with van der Waals surface area (Å²) in [5, 5.41) is 2.55. The Bertz CT molecular complexity index is 795. The molecule has 1 aromatic heterocycles. The van der Waals surface area contributed by atoms with Gasteiger partial charge in [-0.2, -0.15) is 0 Å². The summed E-state index contributed by atoms with van der Waals surface area (Å²) in [5.74, 6) is 0.680. The molecule has 2 aromatic rings. The molecule has 1 aliphatic rings. The third-order valence-corrected chi connectivity index (χ3v) is 5.57. The topological polar surface area (TPSA) is 50.3 Å². The summed E-state index contributed by atoms with van der Waals surface area (Å²) in [7, 11) is 0. The number of aromatic nitrogens is 1. The van der Waals surface area contributed by atoms with Gasteiger partial charge < -0.3 is 0 Å². The summed E-state index contributed by atoms with van der Waals surface area (Å²) in [4.78, 5) is 31.3. The highest BCUT2D eigenvalue weighted by Gasteiger charge is 2.22. The van der Waals surface area contributed by atoms with Crippen LogP contribution in [0.15, 0.2) is 40.1 Å². The average molecular weight is 344 g/mol. The minimum absolute atomic E-state index is 0.0284. The largest absolute Gasteiger partial charge is 0.289 e. The van der Waals surface area contributed by atoms with Crippen LogP contribution in [0.4, 0.5) is 5.13 Å². The Morgan fingerprint density at radius 1 is 1.39 bits per heavy atom. The van der Waals surface area contributed by atoms with Crippen molar-refractivity contribution in [1.82, 2.24) is 4.98 Å². The van der Waals surface area contributed by atoms with Crippen LogP contribution in [0, 0.1) is 0 Å². The predicted molar refractivity (Wildman–Crippen MR) is 95.3 cm³/mol. The van der Waals surface area contributed by atoms with Crippen molar-refractivity contribution in [3.8, 4) is 0 Å². The van der Waals surface area contributed by atoms with Gasteiger partial charge in [0.15, 0.2) is 10.9 Å². The molecule has 1 aliphatic heterocycles. The Labute approximate surface area is 143 Å². The number of amides is 1. The highest BCUT2D eigenvalue weighted by molar-refractivity contribution is 7.99. The van der Waals surface area contributed by atoms with Crippen LogP contribution in [0.3, 0.4) is 0 Å². The maximum atomic E-state index is 12.6. The number of benzene rings is 1. The summed E-state index contributed by atoms with van der Waals surface area (Å²) in [6.07, 6.45) is 1.83. The van der Waals surface area contributed by atoms with Crippen LogP contribution in [-0.4, -0.2) is 29.0 Å². The lowest BCUT2D eigenvalue weighted by atomic mass is 10.0. The van der Waals surface area contributed by atoms with Crippen molar-refractivity contribution >= 4 is 46.0 Å². The molecule has 3 rings (SSSR count). The van der Waals surface area contributed by atoms with E-state index in [1.807, 2.05) is 42.6 Å². The van der Waals surface area contributed by atoms with Gasteiger partial charge in [0.25, 0.3) is 0 Å². The van der Waals surface area contributed by atoms with E-state index in [0.29, 0.717) is 17.4 Å². The second-order valence-electron chi connectivity index (χ2n) is 5.10. The molecule has 2 heterocycles. The normalized spacial score (nSPS) is 15.6. The molecule has 0 saturated heterocycles. The first-order valence-electron chi connectivity index (χ1n) is 7.31. The summed E-state index contributed by atoms with van der Waals surface area (Å²) in [5.41, 5.74) is 2.23. The molecule has 4 nitrogen and oxygen atoms in total. The Morgan fingerprint density at radius 3 is 2.91 bits per heavy atom. The Hall–Kier alpha value is -1.92. The van der Waals surface area contributed by atoms with E-state index in [2.05, 4.69) is 4.98 Å². The molecule has 0 bridgehead atoms. The third kappa shape index (κ3) is 3.23. The number of hydrogen-bond donors (Lipinski definition) is 0. The van der Waals surface area contributed by atoms with Gasteiger partial charge in [0.2, 0.25) is 5.91 Å². The van der Waals surface area contributed by atoms with Crippen LogP contribution in [0.25, 0.3) is 6.08 Å². The number of thioether (sulfide) groups is 1. The standard InChI is InChI=1S/C17H16N2O2S2/c1-3-19(11(2)20)17-18-13(10-23-17)8-12-9-22-15-7-5-4-6-14(15)16(12)21/h4-8,10H,3,9H2,1-2H3. The minimum Gasteiger partial charge on any atom is -0.289 e. The van der Waals surface area contributed by atoms with Gasteiger partial charge in [-0.15, -0.1) is 23.1 Å². The fraction of sp³-hybridized carbons (Fsp3) is 0.235. The second kappa shape index (κ2) is 6.68. The lowest BCUT2D eigenvalue weighted by Gasteiger charge is -2.16. The van der Waals surface area contributed by atoms with Crippen molar-refractivity contribution in [3.05, 3.63) is 46.5 Å². The molecule has 0 unspecified atom stereocenters. The number of Topliss-reactive ketones (excluding diaryl/α,β-unsaturated/α-hetero) is 1. The smallest absolute Gasteiger partial charge is 0.225 e. The number of ketones is 1. The lowest BCUT2D eigenvalue weighted by Crippen LogP contribution is -2.27. The maximum Gasteiger partial charge on any atom is 0.225 e. The zero-order chi connectivity index (χ0) is 16.4. The zero-order valence-electron chi connectivity index (χ0n) is 12.9. The predicted octanol–water partition coefficient (Wildman–Crippen LogP) is 3.89. The number of nitrogens with zero attached hydrogens (tertiary/aromatic N) is 2. The van der Waals surface area contributed by atoms with E-state index in [0.717, 1.165) is 21.7 Å². The van der Waals surface area contributed by atoms with E-state index in [4.69, 9.17) is 0 Å². The fourth-order valence-electron chi connectivity index (χ4n) is 2.42. The Balaban J connectivity index is 1.87. The van der Waals surface area contributed by atoms with Crippen molar-refractivity contribution in [2.24, 2.45) is 0 Å². The van der Waals surface area contributed by atoms with Crippen LogP contribution < -0.4 is 4.90 Å². The number of thiazole rings is 1. The zero-order valence-corrected chi connectivity index (χ0v) is 14.5. The SMILES string of the molecule is CCN(C(C)=O)c1nc(C=C2CSc3ccccc3C2=O)cs1. The van der Waals surface area contributed by atoms with Gasteiger partial charge in [-0.05, 0) is 25.1 Å². The summed E-state index contributed by atoms with van der Waals surface area (Å²) < 4.78 is 0. The molecule has 0 fully saturated rings. The highest BCUT2D eigenvalue weighted by Crippen LogP contribution is 2.33. The van der Waals surface area contributed by atoms with Crippen LogP contribution in [0.1, 0.15) is 29.9 Å². The molecular formula is C17H16N2O2S2. The van der Waals surface area contributed by atoms with Gasteiger partial charge in [0.05, 0.1) is 5.69 Å². The number of hydrogen-bond acceptors (Lipinski definition) is 5. The molecule has 1 aromatic carbocycles. The van der Waals surface area contributed by atoms with Gasteiger partial charge in [-0.1, -0.05) is 12.1 Å². The van der Waals surface area contributed by atoms with Crippen molar-refractivity contribution in [2.45, 2.75) is 18.7 Å². The van der Waals surface area contributed by atoms with E-state index in [1.54, 1.807) is 16.7 Å². The summed E-state index contributed by atoms with van der Waals surface area (Å²) in [6.45, 7) is 4.03. The van der Waals surface area contributed by atoms with Gasteiger partial charge in [-0.25, -0.2) is 4.98 Å². The van der Waals surface area contributed by atoms with Crippen LogP contribution in [0.5, 0.6) is 0 Å². The molecule has 0 saturated carbocycles. The first-order chi connectivity index (χ1) is 11.1. The number of rotatable bonds is 3. The van der Waals surface area contributed by atoms with Crippen LogP contribution >= 0.6 is 23.1 Å². The lowest BCUT2D eigenvalue weighted by molar-refractivity contribution is -0.116. The maximum absolute atomic E-state index is 12.6. The number of anilines is 1. The van der Waals surface area contributed by atoms with E-state index in [1.165, 1.54) is 18.3 Å². The number of carbonyl (C=O) groups is 2. The average Bonchev–Trinajstić information content (AvgIpc) is 2.99. The van der Waals surface area contributed by atoms with E-state index in [9.17, 15) is 9.59 Å². The molecule has 0 N–H and O–H groups in total. The first-order valence-corrected chi connectivity index (χ1v) is 9.17. The first kappa shape index (κ1) is 16.0.